The zero-order valence-corrected chi connectivity index (χ0v) is 13.5. The molecule has 1 aliphatic carbocycles. The summed E-state index contributed by atoms with van der Waals surface area (Å²) in [6.45, 7) is 7.88. The van der Waals surface area contributed by atoms with E-state index in [0.29, 0.717) is 11.8 Å². The van der Waals surface area contributed by atoms with E-state index in [9.17, 15) is 4.79 Å². The molecule has 0 aromatic heterocycles. The fraction of sp³-hybridized carbons (Fsp3) is 0.632. The van der Waals surface area contributed by atoms with Gasteiger partial charge in [0.1, 0.15) is 6.61 Å². The fourth-order valence-electron chi connectivity index (χ4n) is 3.60. The summed E-state index contributed by atoms with van der Waals surface area (Å²) in [5, 5.41) is 0. The Morgan fingerprint density at radius 1 is 1.24 bits per heavy atom. The van der Waals surface area contributed by atoms with Gasteiger partial charge in [-0.1, -0.05) is 57.5 Å². The Balaban J connectivity index is 1.82. The third-order valence-corrected chi connectivity index (χ3v) is 4.82. The molecule has 3 atom stereocenters. The Labute approximate surface area is 128 Å². The molecule has 116 valence electrons. The molecule has 0 bridgehead atoms. The molecule has 1 aromatic carbocycles. The van der Waals surface area contributed by atoms with E-state index in [2.05, 4.69) is 20.8 Å². The number of hydrogen-bond acceptors (Lipinski definition) is 2. The van der Waals surface area contributed by atoms with Crippen molar-refractivity contribution in [1.82, 2.24) is 0 Å². The molecule has 0 amide bonds. The van der Waals surface area contributed by atoms with Crippen molar-refractivity contribution in [3.63, 3.8) is 0 Å². The van der Waals surface area contributed by atoms with Gasteiger partial charge >= 0.3 is 0 Å². The van der Waals surface area contributed by atoms with Gasteiger partial charge in [0.25, 0.3) is 0 Å². The largest absolute Gasteiger partial charge is 0.373 e. The molecule has 0 radical (unpaired) electrons. The van der Waals surface area contributed by atoms with Gasteiger partial charge in [0.15, 0.2) is 5.78 Å². The molecule has 1 fully saturated rings. The number of benzene rings is 1. The predicted octanol–water partition coefficient (Wildman–Crippen LogP) is 4.59. The number of ketones is 1. The lowest BCUT2D eigenvalue weighted by atomic mass is 9.70. The Morgan fingerprint density at radius 3 is 2.62 bits per heavy atom. The molecule has 2 rings (SSSR count). The minimum Gasteiger partial charge on any atom is -0.373 e. The third kappa shape index (κ3) is 4.67. The zero-order valence-electron chi connectivity index (χ0n) is 13.5. The Bertz CT molecular complexity index is 438. The molecule has 0 heterocycles. The second kappa shape index (κ2) is 7.74. The van der Waals surface area contributed by atoms with Gasteiger partial charge in [-0.3, -0.25) is 4.79 Å². The van der Waals surface area contributed by atoms with Crippen molar-refractivity contribution in [2.24, 2.45) is 23.7 Å². The van der Waals surface area contributed by atoms with E-state index < -0.39 is 0 Å². The first-order chi connectivity index (χ1) is 10.1. The lowest BCUT2D eigenvalue weighted by Crippen LogP contribution is -2.31. The monoisotopic (exact) mass is 288 g/mol. The molecule has 2 nitrogen and oxygen atoms in total. The molecule has 2 heteroatoms. The van der Waals surface area contributed by atoms with Gasteiger partial charge in [-0.25, -0.2) is 0 Å². The predicted molar refractivity (Wildman–Crippen MR) is 86.4 cm³/mol. The Kier molecular flexibility index (Phi) is 5.98. The van der Waals surface area contributed by atoms with Crippen LogP contribution in [0.1, 0.15) is 50.4 Å². The molecule has 1 saturated carbocycles. The molecule has 0 aliphatic heterocycles. The van der Waals surface area contributed by atoms with Crippen LogP contribution in [-0.4, -0.2) is 19.0 Å². The fourth-order valence-corrected chi connectivity index (χ4v) is 3.60. The minimum absolute atomic E-state index is 0.0838. The number of rotatable bonds is 6. The highest BCUT2D eigenvalue weighted by atomic mass is 16.5. The van der Waals surface area contributed by atoms with Crippen LogP contribution >= 0.6 is 0 Å². The van der Waals surface area contributed by atoms with Crippen LogP contribution in [0.5, 0.6) is 0 Å². The summed E-state index contributed by atoms with van der Waals surface area (Å²) in [5.74, 6) is 2.93. The highest BCUT2D eigenvalue weighted by molar-refractivity contribution is 5.96. The Morgan fingerprint density at radius 2 is 1.95 bits per heavy atom. The first kappa shape index (κ1) is 16.2. The average Bonchev–Trinajstić information content (AvgIpc) is 2.48. The van der Waals surface area contributed by atoms with E-state index in [1.165, 1.54) is 19.3 Å². The van der Waals surface area contributed by atoms with Gasteiger partial charge in [-0.2, -0.15) is 0 Å². The first-order valence-corrected chi connectivity index (χ1v) is 8.24. The maximum absolute atomic E-state index is 12.0. The van der Waals surface area contributed by atoms with Crippen molar-refractivity contribution < 1.29 is 9.53 Å². The third-order valence-electron chi connectivity index (χ3n) is 4.82. The van der Waals surface area contributed by atoms with E-state index in [1.807, 2.05) is 30.3 Å². The molecule has 0 spiro atoms. The van der Waals surface area contributed by atoms with Gasteiger partial charge in [0, 0.05) is 5.56 Å². The van der Waals surface area contributed by atoms with Gasteiger partial charge in [0.05, 0.1) is 6.61 Å². The molecule has 0 saturated heterocycles. The van der Waals surface area contributed by atoms with Crippen LogP contribution < -0.4 is 0 Å². The minimum atomic E-state index is 0.0838. The second-order valence-corrected chi connectivity index (χ2v) is 6.89. The normalized spacial score (nSPS) is 26.0. The topological polar surface area (TPSA) is 26.3 Å². The van der Waals surface area contributed by atoms with Crippen molar-refractivity contribution in [3.05, 3.63) is 35.9 Å². The maximum atomic E-state index is 12.0. The molecule has 0 N–H and O–H groups in total. The molecule has 1 aliphatic rings. The lowest BCUT2D eigenvalue weighted by molar-refractivity contribution is 0.0320. The molecule has 3 unspecified atom stereocenters. The van der Waals surface area contributed by atoms with Crippen LogP contribution in [0.2, 0.25) is 0 Å². The zero-order chi connectivity index (χ0) is 15.2. The number of carbonyl (C=O) groups is 1. The van der Waals surface area contributed by atoms with Crippen LogP contribution in [-0.2, 0) is 4.74 Å². The van der Waals surface area contributed by atoms with E-state index in [1.54, 1.807) is 0 Å². The second-order valence-electron chi connectivity index (χ2n) is 6.89. The SMILES string of the molecule is CC1CCC(C(C)C)C(COCC(=O)c2ccccc2)C1. The first-order valence-electron chi connectivity index (χ1n) is 8.24. The number of carbonyl (C=O) groups excluding carboxylic acids is 1. The van der Waals surface area contributed by atoms with E-state index in [-0.39, 0.29) is 12.4 Å². The van der Waals surface area contributed by atoms with Crippen LogP contribution in [0.4, 0.5) is 0 Å². The molecular formula is C19H28O2. The average molecular weight is 288 g/mol. The summed E-state index contributed by atoms with van der Waals surface area (Å²) in [7, 11) is 0. The van der Waals surface area contributed by atoms with Crippen molar-refractivity contribution in [1.29, 1.82) is 0 Å². The number of ether oxygens (including phenoxy) is 1. The van der Waals surface area contributed by atoms with Gasteiger partial charge in [-0.05, 0) is 36.5 Å². The summed E-state index contributed by atoms with van der Waals surface area (Å²) in [6, 6.07) is 9.42. The summed E-state index contributed by atoms with van der Waals surface area (Å²) in [5.41, 5.74) is 0.745. The highest BCUT2D eigenvalue weighted by Gasteiger charge is 2.30. The van der Waals surface area contributed by atoms with Crippen molar-refractivity contribution in [3.8, 4) is 0 Å². The smallest absolute Gasteiger partial charge is 0.188 e. The standard InChI is InChI=1S/C19H28O2/c1-14(2)18-10-9-15(3)11-17(18)12-21-13-19(20)16-7-5-4-6-8-16/h4-8,14-15,17-18H,9-13H2,1-3H3. The van der Waals surface area contributed by atoms with Crippen LogP contribution in [0.15, 0.2) is 30.3 Å². The van der Waals surface area contributed by atoms with Gasteiger partial charge in [-0.15, -0.1) is 0 Å². The quantitative estimate of drug-likeness (QED) is 0.715. The number of Topliss-reactive ketones (excluding diaryl/α,β-unsaturated/α-hetero) is 1. The van der Waals surface area contributed by atoms with Crippen molar-refractivity contribution in [2.45, 2.75) is 40.0 Å². The summed E-state index contributed by atoms with van der Waals surface area (Å²) in [6.07, 6.45) is 3.88. The van der Waals surface area contributed by atoms with Crippen molar-refractivity contribution in [2.75, 3.05) is 13.2 Å². The molecular weight excluding hydrogens is 260 g/mol. The van der Waals surface area contributed by atoms with E-state index in [0.717, 1.165) is 24.0 Å². The molecule has 21 heavy (non-hydrogen) atoms. The van der Waals surface area contributed by atoms with Crippen LogP contribution in [0, 0.1) is 23.7 Å². The highest BCUT2D eigenvalue weighted by Crippen LogP contribution is 2.38. The summed E-state index contributed by atoms with van der Waals surface area (Å²) < 4.78 is 5.77. The van der Waals surface area contributed by atoms with Crippen molar-refractivity contribution >= 4 is 5.78 Å². The summed E-state index contributed by atoms with van der Waals surface area (Å²) in [4.78, 5) is 12.0. The van der Waals surface area contributed by atoms with E-state index >= 15 is 0 Å². The lowest BCUT2D eigenvalue weighted by Gasteiger charge is -2.37. The van der Waals surface area contributed by atoms with Crippen LogP contribution in [0.3, 0.4) is 0 Å². The van der Waals surface area contributed by atoms with Gasteiger partial charge in [0.2, 0.25) is 0 Å². The van der Waals surface area contributed by atoms with Gasteiger partial charge < -0.3 is 4.74 Å². The molecule has 1 aromatic rings. The number of hydrogen-bond donors (Lipinski definition) is 0. The maximum Gasteiger partial charge on any atom is 0.188 e. The summed E-state index contributed by atoms with van der Waals surface area (Å²) >= 11 is 0. The van der Waals surface area contributed by atoms with E-state index in [4.69, 9.17) is 4.74 Å². The van der Waals surface area contributed by atoms with Crippen LogP contribution in [0.25, 0.3) is 0 Å². The Hall–Kier alpha value is -1.15.